The second-order valence-electron chi connectivity index (χ2n) is 11.2. The maximum absolute atomic E-state index is 13.0. The van der Waals surface area contributed by atoms with Crippen molar-refractivity contribution in [2.45, 2.75) is 100 Å². The summed E-state index contributed by atoms with van der Waals surface area (Å²) in [7, 11) is 0. The van der Waals surface area contributed by atoms with Gasteiger partial charge in [0.05, 0.1) is 12.3 Å². The number of anilines is 1. The van der Waals surface area contributed by atoms with Crippen molar-refractivity contribution in [2.75, 3.05) is 25.0 Å². The van der Waals surface area contributed by atoms with Crippen molar-refractivity contribution in [3.8, 4) is 5.75 Å². The highest BCUT2D eigenvalue weighted by Crippen LogP contribution is 2.35. The van der Waals surface area contributed by atoms with Gasteiger partial charge in [-0.05, 0) is 89.0 Å². The van der Waals surface area contributed by atoms with Gasteiger partial charge >= 0.3 is 0 Å². The highest BCUT2D eigenvalue weighted by Gasteiger charge is 2.27. The van der Waals surface area contributed by atoms with Crippen molar-refractivity contribution in [3.05, 3.63) is 46.8 Å². The molecule has 1 aliphatic rings. The molecule has 38 heavy (non-hydrogen) atoms. The average Bonchev–Trinajstić information content (AvgIpc) is 3.72. The van der Waals surface area contributed by atoms with Gasteiger partial charge in [-0.25, -0.2) is 4.99 Å². The number of nitrogens with zero attached hydrogens (tertiary/aromatic N) is 1. The molecular weight excluding hydrogens is 470 g/mol. The smallest absolute Gasteiger partial charge is 0.166 e. The van der Waals surface area contributed by atoms with Gasteiger partial charge in [0.2, 0.25) is 0 Å². The number of benzene rings is 1. The predicted molar refractivity (Wildman–Crippen MR) is 163 cm³/mol. The Morgan fingerprint density at radius 2 is 1.92 bits per heavy atom. The Kier molecular flexibility index (Phi) is 13.8. The number of carbonyl (C=O) groups excluding carboxylic acids is 1. The maximum atomic E-state index is 13.0. The Morgan fingerprint density at radius 3 is 2.50 bits per heavy atom. The van der Waals surface area contributed by atoms with Crippen LogP contribution in [0.2, 0.25) is 0 Å². The number of ether oxygens (including phenoxy) is 1. The minimum absolute atomic E-state index is 0.0521. The molecule has 212 valence electrons. The molecule has 1 fully saturated rings. The lowest BCUT2D eigenvalue weighted by Gasteiger charge is -2.20. The first-order chi connectivity index (χ1) is 18.2. The number of hydrogen-bond acceptors (Lipinski definition) is 5. The summed E-state index contributed by atoms with van der Waals surface area (Å²) in [6, 6.07) is 6.28. The molecule has 2 rings (SSSR count). The number of ketones is 1. The third kappa shape index (κ3) is 10.4. The molecule has 1 aromatic rings. The summed E-state index contributed by atoms with van der Waals surface area (Å²) in [5.41, 5.74) is 4.92. The fourth-order valence-electron chi connectivity index (χ4n) is 4.42. The van der Waals surface area contributed by atoms with Crippen LogP contribution in [0.4, 0.5) is 5.69 Å². The summed E-state index contributed by atoms with van der Waals surface area (Å²) in [6.07, 6.45) is 9.57. The van der Waals surface area contributed by atoms with Crippen LogP contribution < -0.4 is 15.4 Å². The molecule has 5 nitrogen and oxygen atoms in total. The molecule has 0 bridgehead atoms. The molecule has 1 aliphatic carbocycles. The largest absolute Gasteiger partial charge is 0.493 e. The van der Waals surface area contributed by atoms with Crippen molar-refractivity contribution in [3.63, 3.8) is 0 Å². The van der Waals surface area contributed by atoms with E-state index in [9.17, 15) is 4.79 Å². The summed E-state index contributed by atoms with van der Waals surface area (Å²) in [6.45, 7) is 19.4. The van der Waals surface area contributed by atoms with E-state index in [1.54, 1.807) is 0 Å². The van der Waals surface area contributed by atoms with Gasteiger partial charge in [-0.3, -0.25) is 4.79 Å². The van der Waals surface area contributed by atoms with E-state index in [2.05, 4.69) is 63.5 Å². The Balaban J connectivity index is 2.29. The van der Waals surface area contributed by atoms with Crippen LogP contribution in [0, 0.1) is 24.7 Å². The molecule has 0 saturated heterocycles. The predicted octanol–water partition coefficient (Wildman–Crippen LogP) is 8.26. The van der Waals surface area contributed by atoms with Crippen LogP contribution in [0.5, 0.6) is 5.75 Å². The topological polar surface area (TPSA) is 62.7 Å². The van der Waals surface area contributed by atoms with E-state index in [0.29, 0.717) is 18.4 Å². The van der Waals surface area contributed by atoms with Gasteiger partial charge in [-0.2, -0.15) is 0 Å². The summed E-state index contributed by atoms with van der Waals surface area (Å²) >= 11 is 0. The monoisotopic (exact) mass is 523 g/mol. The van der Waals surface area contributed by atoms with E-state index in [0.717, 1.165) is 79.3 Å². The lowest BCUT2D eigenvalue weighted by atomic mass is 9.94. The van der Waals surface area contributed by atoms with E-state index >= 15 is 0 Å². The third-order valence-electron chi connectivity index (χ3n) is 7.23. The number of aliphatic imine (C=N–C) groups is 1. The fraction of sp³-hybridized carbons (Fsp3) is 0.636. The standard InChI is InChI=1S/C33H53N3O2/c1-9-13-27(21-34-18-10-2)22-38-31-20-28(17-14-25(31)8)35-33(24(7)11-3)36-30(19-26-15-16-26)29(12-4)32(37)23(5)6/h12,14,17,20,23,26-27,34-35H,9-11,13,15-16,18-19,21-22H2,1-8H3/b29-12+,33-24-,36-30-/t27-/m1/s1. The molecular formula is C33H53N3O2. The van der Waals surface area contributed by atoms with E-state index in [1.807, 2.05) is 26.8 Å². The molecule has 0 amide bonds. The van der Waals surface area contributed by atoms with Gasteiger partial charge in [-0.1, -0.05) is 53.2 Å². The van der Waals surface area contributed by atoms with Crippen LogP contribution in [0.25, 0.3) is 0 Å². The minimum atomic E-state index is -0.0521. The highest BCUT2D eigenvalue weighted by atomic mass is 16.5. The molecule has 0 heterocycles. The van der Waals surface area contributed by atoms with Gasteiger partial charge in [0.1, 0.15) is 11.6 Å². The van der Waals surface area contributed by atoms with Gasteiger partial charge in [0.25, 0.3) is 0 Å². The van der Waals surface area contributed by atoms with Crippen molar-refractivity contribution < 1.29 is 9.53 Å². The van der Waals surface area contributed by atoms with Crippen LogP contribution in [0.1, 0.15) is 99.0 Å². The highest BCUT2D eigenvalue weighted by molar-refractivity contribution is 6.23. The van der Waals surface area contributed by atoms with Crippen molar-refractivity contribution >= 4 is 17.2 Å². The number of aryl methyl sites for hydroxylation is 1. The van der Waals surface area contributed by atoms with E-state index in [-0.39, 0.29) is 11.7 Å². The maximum Gasteiger partial charge on any atom is 0.166 e. The number of carbonyl (C=O) groups is 1. The van der Waals surface area contributed by atoms with Crippen molar-refractivity contribution in [2.24, 2.45) is 22.7 Å². The number of rotatable bonds is 18. The van der Waals surface area contributed by atoms with E-state index < -0.39 is 0 Å². The molecule has 0 aromatic heterocycles. The average molecular weight is 524 g/mol. The molecule has 1 saturated carbocycles. The first-order valence-corrected chi connectivity index (χ1v) is 14.9. The number of hydrogen-bond donors (Lipinski definition) is 2. The van der Waals surface area contributed by atoms with Crippen molar-refractivity contribution in [1.29, 1.82) is 0 Å². The third-order valence-corrected chi connectivity index (χ3v) is 7.23. The molecule has 1 aromatic carbocycles. The first kappa shape index (κ1) is 31.8. The lowest BCUT2D eigenvalue weighted by Crippen LogP contribution is -2.27. The van der Waals surface area contributed by atoms with Crippen molar-refractivity contribution in [1.82, 2.24) is 5.32 Å². The Morgan fingerprint density at radius 1 is 1.18 bits per heavy atom. The van der Waals surface area contributed by atoms with Crippen LogP contribution in [-0.4, -0.2) is 31.2 Å². The van der Waals surface area contributed by atoms with Gasteiger partial charge in [0, 0.05) is 35.7 Å². The Bertz CT molecular complexity index is 986. The minimum Gasteiger partial charge on any atom is -0.493 e. The molecule has 0 unspecified atom stereocenters. The molecule has 5 heteroatoms. The molecule has 2 N–H and O–H groups in total. The van der Waals surface area contributed by atoms with Crippen LogP contribution in [0.15, 0.2) is 46.2 Å². The van der Waals surface area contributed by atoms with Crippen LogP contribution >= 0.6 is 0 Å². The summed E-state index contributed by atoms with van der Waals surface area (Å²) < 4.78 is 6.36. The van der Waals surface area contributed by atoms with Crippen LogP contribution in [0.3, 0.4) is 0 Å². The van der Waals surface area contributed by atoms with Crippen LogP contribution in [-0.2, 0) is 4.79 Å². The SMILES string of the molecule is C\C=C(C(=O)C(C)C)/C(CC1CC1)=N\C(Nc1ccc(C)c(OC[C@H](CCC)CNCCC)c1)=C(\C)CC. The summed E-state index contributed by atoms with van der Waals surface area (Å²) in [4.78, 5) is 18.2. The van der Waals surface area contributed by atoms with Gasteiger partial charge < -0.3 is 15.4 Å². The van der Waals surface area contributed by atoms with Gasteiger partial charge in [0.15, 0.2) is 5.78 Å². The second-order valence-corrected chi connectivity index (χ2v) is 11.2. The number of allylic oxidation sites excluding steroid dienone is 3. The molecule has 0 spiro atoms. The number of Topliss-reactive ketones (excluding diaryl/α,β-unsaturated/α-hetero) is 1. The zero-order valence-corrected chi connectivity index (χ0v) is 25.4. The Hall–Kier alpha value is -2.40. The summed E-state index contributed by atoms with van der Waals surface area (Å²) in [5.74, 6) is 2.99. The zero-order valence-electron chi connectivity index (χ0n) is 25.4. The van der Waals surface area contributed by atoms with E-state index in [1.165, 1.54) is 18.4 Å². The first-order valence-electron chi connectivity index (χ1n) is 14.9. The second kappa shape index (κ2) is 16.5. The van der Waals surface area contributed by atoms with Gasteiger partial charge in [-0.15, -0.1) is 0 Å². The normalized spacial score (nSPS) is 15.9. The zero-order chi connectivity index (χ0) is 28.1. The quantitative estimate of drug-likeness (QED) is 0.115. The van der Waals surface area contributed by atoms with E-state index in [4.69, 9.17) is 9.73 Å². The lowest BCUT2D eigenvalue weighted by molar-refractivity contribution is -0.117. The molecule has 1 atom stereocenters. The summed E-state index contributed by atoms with van der Waals surface area (Å²) in [5, 5.41) is 7.13. The fourth-order valence-corrected chi connectivity index (χ4v) is 4.42. The molecule has 0 radical (unpaired) electrons. The molecule has 0 aliphatic heterocycles. The number of nitrogens with one attached hydrogen (secondary N) is 2. The Labute approximate surface area is 232 Å².